The van der Waals surface area contributed by atoms with E-state index in [0.717, 1.165) is 22.3 Å². The van der Waals surface area contributed by atoms with E-state index in [1.807, 2.05) is 48.5 Å². The number of unbranched alkanes of at least 4 members (excludes halogenated alkanes) is 1. The van der Waals surface area contributed by atoms with Crippen molar-refractivity contribution < 1.29 is 96.7 Å². The predicted octanol–water partition coefficient (Wildman–Crippen LogP) is -0.627. The fraction of sp³-hybridized carbons (Fsp3) is 0.575. The number of carboxylic acid groups (broad SMARTS) is 1. The van der Waals surface area contributed by atoms with Gasteiger partial charge in [0.05, 0.1) is 58.6 Å². The molecular weight excluding hydrogens is 816 g/mol. The van der Waals surface area contributed by atoms with E-state index < -0.39 is 51.8 Å². The van der Waals surface area contributed by atoms with E-state index in [0.29, 0.717) is 45.8 Å². The number of amides is 4. The van der Waals surface area contributed by atoms with Crippen molar-refractivity contribution in [2.75, 3.05) is 78.3 Å². The average molecular weight is 875 g/mol. The molecule has 60 heavy (non-hydrogen) atoms. The third kappa shape index (κ3) is 20.3. The first-order chi connectivity index (χ1) is 28.3. The molecule has 2 atom stereocenters. The zero-order valence-corrected chi connectivity index (χ0v) is 37.5. The molecule has 0 saturated carbocycles. The number of benzene rings is 2. The summed E-state index contributed by atoms with van der Waals surface area (Å²) < 4.78 is 56.9. The Kier molecular flexibility index (Phi) is 25.2. The third-order valence-corrected chi connectivity index (χ3v) is 9.89. The number of hydrogen-bond acceptors (Lipinski definition) is 12. The fourth-order valence-corrected chi connectivity index (χ4v) is 6.47. The molecule has 330 valence electrons. The first-order valence-corrected chi connectivity index (χ1v) is 21.3. The van der Waals surface area contributed by atoms with Crippen molar-refractivity contribution in [1.82, 2.24) is 21.3 Å². The summed E-state index contributed by atoms with van der Waals surface area (Å²) in [5, 5.41) is 20.1. The van der Waals surface area contributed by atoms with Crippen molar-refractivity contribution in [3.63, 3.8) is 0 Å². The van der Waals surface area contributed by atoms with E-state index in [4.69, 9.17) is 28.2 Å². The van der Waals surface area contributed by atoms with Gasteiger partial charge in [0.1, 0.15) is 18.7 Å². The van der Waals surface area contributed by atoms with E-state index in [-0.39, 0.29) is 108 Å². The van der Waals surface area contributed by atoms with Gasteiger partial charge in [0, 0.05) is 31.8 Å². The number of hydrogen-bond donors (Lipinski definition) is 6. The normalized spacial score (nSPS) is 13.0. The van der Waals surface area contributed by atoms with Gasteiger partial charge < -0.3 is 51.5 Å². The molecule has 0 radical (unpaired) electrons. The van der Waals surface area contributed by atoms with Crippen LogP contribution in [0.2, 0.25) is 0 Å². The maximum absolute atomic E-state index is 13.2. The van der Waals surface area contributed by atoms with Gasteiger partial charge in [-0.25, -0.2) is 9.59 Å². The molecule has 0 heterocycles. The van der Waals surface area contributed by atoms with Gasteiger partial charge in [-0.2, -0.15) is 8.42 Å². The van der Waals surface area contributed by atoms with Gasteiger partial charge in [-0.05, 0) is 47.4 Å². The second kappa shape index (κ2) is 28.8. The second-order valence-corrected chi connectivity index (χ2v) is 15.6. The molecule has 2 aromatic rings. The Morgan fingerprint density at radius 1 is 0.717 bits per heavy atom. The molecule has 0 unspecified atom stereocenters. The fourth-order valence-electron chi connectivity index (χ4n) is 6.11. The van der Waals surface area contributed by atoms with Gasteiger partial charge in [-0.3, -0.25) is 18.9 Å². The zero-order chi connectivity index (χ0) is 43.0. The van der Waals surface area contributed by atoms with Gasteiger partial charge >= 0.3 is 41.6 Å². The zero-order valence-electron chi connectivity index (χ0n) is 35.7. The molecule has 0 aromatic heterocycles. The Balaban J connectivity index is 0.00000930. The van der Waals surface area contributed by atoms with Gasteiger partial charge in [0.15, 0.2) is 0 Å². The standard InChI is InChI=1S/C40H58N4O14S.Na.H/c1-28(2)37(44-40(50)58-27-33-31-11-5-3-9-29(31)30-10-4-6-12-32(30)33)38(47)43-34(39(48)49)13-7-8-16-41-35(45)14-18-54-20-22-56-24-25-57-23-21-55-19-15-36(46)42-17-26-59(51,52)53;;/h3-6,9-12,28,33-34,37H,7-8,13-27H2,1-2H3,(H,41,45)(H,42,46)(H,43,47)(H,44,50)(H,48,49)(H,51,52,53);;/q;+1;-1/t34-,37-;;/m0../s1. The van der Waals surface area contributed by atoms with Crippen LogP contribution in [0.4, 0.5) is 4.79 Å². The van der Waals surface area contributed by atoms with Crippen molar-refractivity contribution in [1.29, 1.82) is 0 Å². The van der Waals surface area contributed by atoms with Crippen LogP contribution in [0.1, 0.15) is 64.4 Å². The van der Waals surface area contributed by atoms with Crippen LogP contribution in [0.25, 0.3) is 11.1 Å². The van der Waals surface area contributed by atoms with Gasteiger partial charge in [0.2, 0.25) is 17.7 Å². The number of rotatable bonds is 30. The van der Waals surface area contributed by atoms with Gasteiger partial charge in [0.25, 0.3) is 10.1 Å². The average Bonchev–Trinajstić information content (AvgIpc) is 3.51. The molecule has 0 fully saturated rings. The van der Waals surface area contributed by atoms with Crippen LogP contribution in [0.5, 0.6) is 0 Å². The third-order valence-electron chi connectivity index (χ3n) is 9.17. The summed E-state index contributed by atoms with van der Waals surface area (Å²) in [5.74, 6) is -3.51. The maximum Gasteiger partial charge on any atom is 1.00 e. The first kappa shape index (κ1) is 52.5. The molecular formula is C40H59N4NaO14S. The molecule has 0 bridgehead atoms. The van der Waals surface area contributed by atoms with E-state index in [2.05, 4.69) is 21.3 Å². The molecule has 4 amide bonds. The van der Waals surface area contributed by atoms with Crippen LogP contribution in [0.3, 0.4) is 0 Å². The molecule has 6 N–H and O–H groups in total. The number of carboxylic acids is 1. The Morgan fingerprint density at radius 2 is 1.20 bits per heavy atom. The topological polar surface area (TPSA) is 254 Å². The van der Waals surface area contributed by atoms with Crippen molar-refractivity contribution in [3.05, 3.63) is 59.7 Å². The van der Waals surface area contributed by atoms with Crippen molar-refractivity contribution >= 4 is 39.9 Å². The predicted molar refractivity (Wildman–Crippen MR) is 216 cm³/mol. The second-order valence-electron chi connectivity index (χ2n) is 14.0. The maximum atomic E-state index is 13.2. The van der Waals surface area contributed by atoms with Crippen molar-refractivity contribution in [3.8, 4) is 11.1 Å². The van der Waals surface area contributed by atoms with Crippen LogP contribution in [-0.2, 0) is 53.0 Å². The van der Waals surface area contributed by atoms with Crippen molar-refractivity contribution in [2.45, 2.75) is 64.0 Å². The van der Waals surface area contributed by atoms with Crippen LogP contribution in [0.15, 0.2) is 48.5 Å². The van der Waals surface area contributed by atoms with Crippen LogP contribution in [-0.4, -0.2) is 138 Å². The minimum atomic E-state index is -4.12. The van der Waals surface area contributed by atoms with E-state index in [9.17, 15) is 37.5 Å². The monoisotopic (exact) mass is 874 g/mol. The summed E-state index contributed by atoms with van der Waals surface area (Å²) in [5.41, 5.74) is 4.29. The van der Waals surface area contributed by atoms with Gasteiger partial charge in [-0.15, -0.1) is 0 Å². The smallest absolute Gasteiger partial charge is 1.00 e. The molecule has 20 heteroatoms. The molecule has 18 nitrogen and oxygen atoms in total. The molecule has 3 rings (SSSR count). The SMILES string of the molecule is CC(C)[C@H](NC(=O)OCC1c2ccccc2-c2ccccc21)C(=O)N[C@@H](CCCCNC(=O)CCOCCOCCOCCOCCC(=O)NCCS(=O)(=O)O)C(=O)O.[H-].[Na+]. The molecule has 1 aliphatic rings. The number of carbonyl (C=O) groups is 5. The summed E-state index contributed by atoms with van der Waals surface area (Å²) in [6.07, 6.45) is 0.431. The summed E-state index contributed by atoms with van der Waals surface area (Å²) in [6, 6.07) is 13.7. The summed E-state index contributed by atoms with van der Waals surface area (Å²) in [6.45, 7) is 5.80. The number of aliphatic carboxylic acids is 1. The van der Waals surface area contributed by atoms with E-state index >= 15 is 0 Å². The number of fused-ring (bicyclic) bond motifs is 3. The molecule has 0 aliphatic heterocycles. The Bertz CT molecular complexity index is 1730. The van der Waals surface area contributed by atoms with Crippen molar-refractivity contribution in [2.24, 2.45) is 5.92 Å². The minimum absolute atomic E-state index is 0. The quantitative estimate of drug-likeness (QED) is 0.0325. The molecule has 2 aromatic carbocycles. The Labute approximate surface area is 375 Å². The number of nitrogens with one attached hydrogen (secondary N) is 4. The summed E-state index contributed by atoms with van der Waals surface area (Å²) >= 11 is 0. The molecule has 0 spiro atoms. The molecule has 1 aliphatic carbocycles. The largest absolute Gasteiger partial charge is 1.00 e. The molecule has 0 saturated heterocycles. The Morgan fingerprint density at radius 3 is 1.68 bits per heavy atom. The summed E-state index contributed by atoms with van der Waals surface area (Å²) in [4.78, 5) is 61.7. The van der Waals surface area contributed by atoms with Crippen LogP contribution in [0, 0.1) is 5.92 Å². The number of carbonyl (C=O) groups excluding carboxylic acids is 4. The van der Waals surface area contributed by atoms with Crippen LogP contribution >= 0.6 is 0 Å². The van der Waals surface area contributed by atoms with Gasteiger partial charge in [-0.1, -0.05) is 62.4 Å². The summed E-state index contributed by atoms with van der Waals surface area (Å²) in [7, 11) is -4.12. The first-order valence-electron chi connectivity index (χ1n) is 19.7. The van der Waals surface area contributed by atoms with Crippen LogP contribution < -0.4 is 50.8 Å². The van der Waals surface area contributed by atoms with E-state index in [1.54, 1.807) is 13.8 Å². The number of alkyl carbamates (subject to hydrolysis) is 1. The number of ether oxygens (including phenoxy) is 5. The minimum Gasteiger partial charge on any atom is -1.00 e. The Hall–Kier alpha value is -3.66. The van der Waals surface area contributed by atoms with E-state index in [1.165, 1.54) is 0 Å².